The summed E-state index contributed by atoms with van der Waals surface area (Å²) in [6.07, 6.45) is 4.94. The van der Waals surface area contributed by atoms with Crippen LogP contribution in [-0.2, 0) is 4.74 Å². The highest BCUT2D eigenvalue weighted by Gasteiger charge is 2.41. The fraction of sp³-hybridized carbons (Fsp3) is 0.0588. The summed E-state index contributed by atoms with van der Waals surface area (Å²) in [6, 6.07) is 48.4. The Bertz CT molecular complexity index is 1670. The van der Waals surface area contributed by atoms with Crippen LogP contribution in [0.5, 0.6) is 0 Å². The van der Waals surface area contributed by atoms with Crippen molar-refractivity contribution in [1.29, 1.82) is 0 Å². The second kappa shape index (κ2) is 9.02. The van der Waals surface area contributed by atoms with E-state index in [4.69, 9.17) is 4.74 Å². The van der Waals surface area contributed by atoms with Gasteiger partial charge in [0, 0.05) is 37.6 Å². The van der Waals surface area contributed by atoms with Crippen LogP contribution in [0.25, 0.3) is 27.5 Å². The summed E-state index contributed by atoms with van der Waals surface area (Å²) in [5.74, 6) is 0. The normalized spacial score (nSPS) is 15.7. The van der Waals surface area contributed by atoms with Crippen molar-refractivity contribution >= 4 is 31.8 Å². The lowest BCUT2D eigenvalue weighted by molar-refractivity contribution is 0.245. The molecule has 6 aromatic rings. The molecule has 1 atom stereocenters. The van der Waals surface area contributed by atoms with Crippen LogP contribution in [0.2, 0.25) is 0 Å². The third-order valence-electron chi connectivity index (χ3n) is 7.31. The molecule has 0 radical (unpaired) electrons. The summed E-state index contributed by atoms with van der Waals surface area (Å²) in [5, 5.41) is 2.54. The lowest BCUT2D eigenvalue weighted by Gasteiger charge is -2.45. The molecule has 7 rings (SSSR count). The molecule has 1 aliphatic rings. The van der Waals surface area contributed by atoms with Gasteiger partial charge in [-0.2, -0.15) is 0 Å². The molecule has 180 valence electrons. The molecule has 3 heteroatoms. The standard InChI is InChI=1S/C34H27NOS/c1-4-13-26(14-5-1)35-32-20-11-10-19-30(32)31-25-29(22-23-33(31)35)37(34-21-12-24-36-34,27-15-6-2-7-16-27)28-17-8-3-9-18-28/h1-20,22-25,34H,21H2. The van der Waals surface area contributed by atoms with Crippen molar-refractivity contribution in [3.8, 4) is 5.69 Å². The second-order valence-electron chi connectivity index (χ2n) is 9.33. The maximum Gasteiger partial charge on any atom is 0.143 e. The van der Waals surface area contributed by atoms with Gasteiger partial charge >= 0.3 is 0 Å². The lowest BCUT2D eigenvalue weighted by atomic mass is 10.1. The number of nitrogens with zero attached hydrogens (tertiary/aromatic N) is 1. The fourth-order valence-corrected chi connectivity index (χ4v) is 9.85. The molecule has 0 aliphatic carbocycles. The molecular formula is C34H27NOS. The summed E-state index contributed by atoms with van der Waals surface area (Å²) >= 11 is 0. The zero-order chi connectivity index (χ0) is 24.7. The summed E-state index contributed by atoms with van der Waals surface area (Å²) in [5.41, 5.74) is 3.66. The maximum absolute atomic E-state index is 6.41. The predicted octanol–water partition coefficient (Wildman–Crippen LogP) is 9.33. The molecule has 0 saturated heterocycles. The SMILES string of the molecule is C1=COC(S(c2ccccc2)(c2ccccc2)c2ccc3c(c2)c2ccccc2n3-c2ccccc2)C1. The first-order valence-corrected chi connectivity index (χ1v) is 14.4. The van der Waals surface area contributed by atoms with E-state index in [1.54, 1.807) is 0 Å². The predicted molar refractivity (Wildman–Crippen MR) is 155 cm³/mol. The molecular weight excluding hydrogens is 470 g/mol. The van der Waals surface area contributed by atoms with Crippen molar-refractivity contribution in [2.45, 2.75) is 26.5 Å². The molecule has 0 amide bonds. The number of ether oxygens (including phenoxy) is 1. The van der Waals surface area contributed by atoms with Gasteiger partial charge in [-0.15, -0.1) is 10.0 Å². The first-order valence-electron chi connectivity index (χ1n) is 12.7. The van der Waals surface area contributed by atoms with Crippen LogP contribution in [0.3, 0.4) is 0 Å². The summed E-state index contributed by atoms with van der Waals surface area (Å²) in [4.78, 5) is 3.96. The minimum atomic E-state index is -1.72. The van der Waals surface area contributed by atoms with Crippen LogP contribution in [0.4, 0.5) is 0 Å². The van der Waals surface area contributed by atoms with Crippen LogP contribution in [0.15, 0.2) is 160 Å². The fourth-order valence-electron chi connectivity index (χ4n) is 5.73. The van der Waals surface area contributed by atoms with Crippen molar-refractivity contribution in [2.24, 2.45) is 0 Å². The highest BCUT2D eigenvalue weighted by atomic mass is 32.3. The van der Waals surface area contributed by atoms with Gasteiger partial charge in [0.2, 0.25) is 0 Å². The average Bonchev–Trinajstić information content (AvgIpc) is 3.62. The van der Waals surface area contributed by atoms with Gasteiger partial charge in [0.1, 0.15) is 5.44 Å². The summed E-state index contributed by atoms with van der Waals surface area (Å²) in [7, 11) is -1.72. The molecule has 1 unspecified atom stereocenters. The number of fused-ring (bicyclic) bond motifs is 3. The quantitative estimate of drug-likeness (QED) is 0.231. The Hall–Kier alpha value is -4.21. The number of para-hydroxylation sites is 2. The molecule has 37 heavy (non-hydrogen) atoms. The molecule has 5 aromatic carbocycles. The van der Waals surface area contributed by atoms with Gasteiger partial charge in [-0.3, -0.25) is 0 Å². The number of hydrogen-bond donors (Lipinski definition) is 0. The minimum Gasteiger partial charge on any atom is -0.488 e. The van der Waals surface area contributed by atoms with E-state index < -0.39 is 10.0 Å². The topological polar surface area (TPSA) is 14.2 Å². The van der Waals surface area contributed by atoms with Gasteiger partial charge in [-0.25, -0.2) is 0 Å². The van der Waals surface area contributed by atoms with Crippen molar-refractivity contribution in [1.82, 2.24) is 4.57 Å². The first kappa shape index (κ1) is 22.0. The summed E-state index contributed by atoms with van der Waals surface area (Å²) in [6.45, 7) is 0. The third-order valence-corrected chi connectivity index (χ3v) is 11.4. The zero-order valence-electron chi connectivity index (χ0n) is 20.4. The Balaban J connectivity index is 1.57. The molecule has 2 heterocycles. The van der Waals surface area contributed by atoms with Crippen molar-refractivity contribution < 1.29 is 4.74 Å². The van der Waals surface area contributed by atoms with Crippen LogP contribution >= 0.6 is 10.0 Å². The lowest BCUT2D eigenvalue weighted by Crippen LogP contribution is -2.19. The van der Waals surface area contributed by atoms with E-state index >= 15 is 0 Å². The smallest absolute Gasteiger partial charge is 0.143 e. The molecule has 0 N–H and O–H groups in total. The van der Waals surface area contributed by atoms with Gasteiger partial charge in [0.15, 0.2) is 0 Å². The number of rotatable bonds is 5. The van der Waals surface area contributed by atoms with E-state index in [2.05, 4.69) is 144 Å². The zero-order valence-corrected chi connectivity index (χ0v) is 21.2. The van der Waals surface area contributed by atoms with E-state index in [0.717, 1.165) is 6.42 Å². The largest absolute Gasteiger partial charge is 0.488 e. The molecule has 1 aliphatic heterocycles. The maximum atomic E-state index is 6.41. The molecule has 0 bridgehead atoms. The van der Waals surface area contributed by atoms with Crippen molar-refractivity contribution in [3.05, 3.63) is 146 Å². The number of aromatic nitrogens is 1. The van der Waals surface area contributed by atoms with Gasteiger partial charge in [0.25, 0.3) is 0 Å². The highest BCUT2D eigenvalue weighted by molar-refractivity contribution is 8.34. The van der Waals surface area contributed by atoms with Gasteiger partial charge in [-0.05, 0) is 66.7 Å². The minimum absolute atomic E-state index is 0.0391. The van der Waals surface area contributed by atoms with Crippen LogP contribution in [-0.4, -0.2) is 10.0 Å². The second-order valence-corrected chi connectivity index (χ2v) is 12.6. The van der Waals surface area contributed by atoms with Gasteiger partial charge < -0.3 is 9.30 Å². The van der Waals surface area contributed by atoms with Crippen molar-refractivity contribution in [3.63, 3.8) is 0 Å². The molecule has 1 aromatic heterocycles. The molecule has 0 saturated carbocycles. The third kappa shape index (κ3) is 3.42. The monoisotopic (exact) mass is 497 g/mol. The van der Waals surface area contributed by atoms with E-state index in [1.807, 2.05) is 6.26 Å². The molecule has 0 fully saturated rings. The van der Waals surface area contributed by atoms with Crippen LogP contribution in [0.1, 0.15) is 6.42 Å². The Morgan fingerprint density at radius 1 is 0.568 bits per heavy atom. The van der Waals surface area contributed by atoms with Crippen LogP contribution in [0, 0.1) is 0 Å². The van der Waals surface area contributed by atoms with Gasteiger partial charge in [0.05, 0.1) is 17.3 Å². The van der Waals surface area contributed by atoms with Crippen molar-refractivity contribution in [2.75, 3.05) is 0 Å². The molecule has 2 nitrogen and oxygen atoms in total. The first-order chi connectivity index (χ1) is 18.4. The van der Waals surface area contributed by atoms with Gasteiger partial charge in [-0.1, -0.05) is 72.8 Å². The van der Waals surface area contributed by atoms with E-state index in [-0.39, 0.29) is 5.44 Å². The Kier molecular flexibility index (Phi) is 5.37. The number of hydrogen-bond acceptors (Lipinski definition) is 1. The highest BCUT2D eigenvalue weighted by Crippen LogP contribution is 2.73. The van der Waals surface area contributed by atoms with E-state index in [1.165, 1.54) is 42.2 Å². The van der Waals surface area contributed by atoms with E-state index in [9.17, 15) is 0 Å². The Morgan fingerprint density at radius 2 is 1.16 bits per heavy atom. The Morgan fingerprint density at radius 3 is 1.81 bits per heavy atom. The van der Waals surface area contributed by atoms with E-state index in [0.29, 0.717) is 0 Å². The Labute approximate surface area is 218 Å². The number of benzene rings is 5. The average molecular weight is 498 g/mol. The van der Waals surface area contributed by atoms with Crippen LogP contribution < -0.4 is 0 Å². The molecule has 0 spiro atoms. The summed E-state index contributed by atoms with van der Waals surface area (Å²) < 4.78 is 8.79.